The van der Waals surface area contributed by atoms with Crippen molar-refractivity contribution in [2.75, 3.05) is 6.61 Å². The molecule has 0 bridgehead atoms. The van der Waals surface area contributed by atoms with Crippen LogP contribution in [-0.2, 0) is 14.3 Å². The summed E-state index contributed by atoms with van der Waals surface area (Å²) in [5.74, 6) is -0.621. The van der Waals surface area contributed by atoms with Crippen molar-refractivity contribution in [1.29, 1.82) is 0 Å². The Labute approximate surface area is 144 Å². The maximum atomic E-state index is 12.2. The molecular formula is C17H27ClN2O3. The van der Waals surface area contributed by atoms with Gasteiger partial charge in [0.2, 0.25) is 5.91 Å². The quantitative estimate of drug-likeness (QED) is 0.711. The van der Waals surface area contributed by atoms with Crippen molar-refractivity contribution >= 4 is 24.3 Å². The standard InChI is InChI=1S/C17H26N2O3.ClH/c1-4-12(3)16(17(21)22-5-2)19-15(20)11-14(18)13-9-7-6-8-10-13;/h6-10,12,14,16H,4-5,11,18H2,1-3H3,(H,19,20);1H. The molecule has 0 heterocycles. The summed E-state index contributed by atoms with van der Waals surface area (Å²) in [5, 5.41) is 2.76. The largest absolute Gasteiger partial charge is 0.464 e. The van der Waals surface area contributed by atoms with Crippen molar-refractivity contribution in [2.45, 2.75) is 45.7 Å². The summed E-state index contributed by atoms with van der Waals surface area (Å²) in [4.78, 5) is 24.1. The van der Waals surface area contributed by atoms with Crippen LogP contribution in [0, 0.1) is 5.92 Å². The molecule has 3 N–H and O–H groups in total. The molecule has 3 unspecified atom stereocenters. The Kier molecular flexibility index (Phi) is 10.3. The molecule has 23 heavy (non-hydrogen) atoms. The third kappa shape index (κ3) is 7.01. The zero-order valence-electron chi connectivity index (χ0n) is 14.0. The molecule has 0 fully saturated rings. The topological polar surface area (TPSA) is 81.4 Å². The second-order valence-corrected chi connectivity index (χ2v) is 5.40. The van der Waals surface area contributed by atoms with E-state index in [1.165, 1.54) is 0 Å². The zero-order valence-corrected chi connectivity index (χ0v) is 14.8. The molecule has 0 radical (unpaired) electrons. The second-order valence-electron chi connectivity index (χ2n) is 5.40. The average Bonchev–Trinajstić information content (AvgIpc) is 2.52. The van der Waals surface area contributed by atoms with E-state index in [4.69, 9.17) is 10.5 Å². The number of carbonyl (C=O) groups is 2. The van der Waals surface area contributed by atoms with Crippen LogP contribution in [-0.4, -0.2) is 24.5 Å². The van der Waals surface area contributed by atoms with Crippen molar-refractivity contribution in [3.8, 4) is 0 Å². The van der Waals surface area contributed by atoms with E-state index in [0.29, 0.717) is 6.61 Å². The smallest absolute Gasteiger partial charge is 0.328 e. The van der Waals surface area contributed by atoms with Gasteiger partial charge in [0.15, 0.2) is 0 Å². The number of ether oxygens (including phenoxy) is 1. The summed E-state index contributed by atoms with van der Waals surface area (Å²) in [6, 6.07) is 8.42. The molecule has 0 saturated heterocycles. The van der Waals surface area contributed by atoms with E-state index in [1.54, 1.807) is 6.92 Å². The van der Waals surface area contributed by atoms with Crippen molar-refractivity contribution in [1.82, 2.24) is 5.32 Å². The summed E-state index contributed by atoms with van der Waals surface area (Å²) in [6.45, 7) is 5.93. The van der Waals surface area contributed by atoms with Gasteiger partial charge in [0.05, 0.1) is 6.61 Å². The monoisotopic (exact) mass is 342 g/mol. The first-order valence-corrected chi connectivity index (χ1v) is 7.76. The van der Waals surface area contributed by atoms with E-state index in [0.717, 1.165) is 12.0 Å². The number of hydrogen-bond donors (Lipinski definition) is 2. The Balaban J connectivity index is 0.00000484. The molecule has 1 amide bonds. The molecule has 0 spiro atoms. The predicted molar refractivity (Wildman–Crippen MR) is 93.3 cm³/mol. The SMILES string of the molecule is CCOC(=O)C(NC(=O)CC(N)c1ccccc1)C(C)CC.Cl. The van der Waals surface area contributed by atoms with Crippen LogP contribution in [0.3, 0.4) is 0 Å². The molecule has 0 aliphatic carbocycles. The van der Waals surface area contributed by atoms with E-state index in [2.05, 4.69) is 5.32 Å². The van der Waals surface area contributed by atoms with Crippen molar-refractivity contribution in [3.63, 3.8) is 0 Å². The van der Waals surface area contributed by atoms with Crippen molar-refractivity contribution < 1.29 is 14.3 Å². The lowest BCUT2D eigenvalue weighted by Gasteiger charge is -2.23. The Morgan fingerprint density at radius 2 is 1.83 bits per heavy atom. The van der Waals surface area contributed by atoms with Crippen LogP contribution in [0.2, 0.25) is 0 Å². The Hall–Kier alpha value is -1.59. The van der Waals surface area contributed by atoms with Gasteiger partial charge < -0.3 is 15.8 Å². The fourth-order valence-electron chi connectivity index (χ4n) is 2.15. The summed E-state index contributed by atoms with van der Waals surface area (Å²) < 4.78 is 5.03. The van der Waals surface area contributed by atoms with E-state index >= 15 is 0 Å². The molecule has 1 aromatic carbocycles. The first-order chi connectivity index (χ1) is 10.5. The van der Waals surface area contributed by atoms with Crippen molar-refractivity contribution in [2.24, 2.45) is 11.7 Å². The van der Waals surface area contributed by atoms with Crippen molar-refractivity contribution in [3.05, 3.63) is 35.9 Å². The van der Waals surface area contributed by atoms with Crippen LogP contribution in [0.15, 0.2) is 30.3 Å². The highest BCUT2D eigenvalue weighted by molar-refractivity contribution is 5.85. The first-order valence-electron chi connectivity index (χ1n) is 7.76. The minimum Gasteiger partial charge on any atom is -0.464 e. The van der Waals surface area contributed by atoms with Gasteiger partial charge in [0.1, 0.15) is 6.04 Å². The van der Waals surface area contributed by atoms with E-state index < -0.39 is 12.0 Å². The number of esters is 1. The Bertz CT molecular complexity index is 482. The highest BCUT2D eigenvalue weighted by Crippen LogP contribution is 2.15. The van der Waals surface area contributed by atoms with E-state index in [1.807, 2.05) is 44.2 Å². The summed E-state index contributed by atoms with van der Waals surface area (Å²) in [5.41, 5.74) is 6.94. The number of halogens is 1. The van der Waals surface area contributed by atoms with Gasteiger partial charge in [0.25, 0.3) is 0 Å². The van der Waals surface area contributed by atoms with Gasteiger partial charge in [0, 0.05) is 12.5 Å². The second kappa shape index (κ2) is 11.0. The average molecular weight is 343 g/mol. The van der Waals surface area contributed by atoms with Crippen LogP contribution < -0.4 is 11.1 Å². The molecule has 6 heteroatoms. The van der Waals surface area contributed by atoms with E-state index in [-0.39, 0.29) is 36.7 Å². The zero-order chi connectivity index (χ0) is 16.5. The number of benzene rings is 1. The lowest BCUT2D eigenvalue weighted by Crippen LogP contribution is -2.46. The highest BCUT2D eigenvalue weighted by atomic mass is 35.5. The maximum absolute atomic E-state index is 12.2. The van der Waals surface area contributed by atoms with Gasteiger partial charge in [-0.1, -0.05) is 50.6 Å². The van der Waals surface area contributed by atoms with Crippen LogP contribution in [0.25, 0.3) is 0 Å². The number of nitrogens with one attached hydrogen (secondary N) is 1. The van der Waals surface area contributed by atoms with E-state index in [9.17, 15) is 9.59 Å². The van der Waals surface area contributed by atoms with Gasteiger partial charge in [-0.15, -0.1) is 12.4 Å². The molecular weight excluding hydrogens is 316 g/mol. The van der Waals surface area contributed by atoms with Gasteiger partial charge in [-0.25, -0.2) is 4.79 Å². The fraction of sp³-hybridized carbons (Fsp3) is 0.529. The predicted octanol–water partition coefficient (Wildman–Crippen LogP) is 2.59. The molecule has 130 valence electrons. The number of amides is 1. The molecule has 0 aromatic heterocycles. The molecule has 1 rings (SSSR count). The van der Waals surface area contributed by atoms with Crippen LogP contribution in [0.5, 0.6) is 0 Å². The third-order valence-electron chi connectivity index (χ3n) is 3.70. The molecule has 0 aliphatic heterocycles. The minimum atomic E-state index is -0.625. The first kappa shape index (κ1) is 21.4. The summed E-state index contributed by atoms with van der Waals surface area (Å²) >= 11 is 0. The lowest BCUT2D eigenvalue weighted by molar-refractivity contribution is -0.149. The number of hydrogen-bond acceptors (Lipinski definition) is 4. The summed E-state index contributed by atoms with van der Waals surface area (Å²) in [7, 11) is 0. The Morgan fingerprint density at radius 3 is 2.35 bits per heavy atom. The van der Waals surface area contributed by atoms with Gasteiger partial charge >= 0.3 is 5.97 Å². The molecule has 0 aliphatic rings. The Morgan fingerprint density at radius 1 is 1.22 bits per heavy atom. The normalized spacial score (nSPS) is 14.1. The number of carbonyl (C=O) groups excluding carboxylic acids is 2. The van der Waals surface area contributed by atoms with Gasteiger partial charge in [-0.05, 0) is 18.4 Å². The van der Waals surface area contributed by atoms with Gasteiger partial charge in [-0.3, -0.25) is 4.79 Å². The molecule has 5 nitrogen and oxygen atoms in total. The lowest BCUT2D eigenvalue weighted by atomic mass is 9.98. The summed E-state index contributed by atoms with van der Waals surface area (Å²) in [6.07, 6.45) is 0.908. The molecule has 0 saturated carbocycles. The third-order valence-corrected chi connectivity index (χ3v) is 3.70. The minimum absolute atomic E-state index is 0. The van der Waals surface area contributed by atoms with Crippen LogP contribution in [0.1, 0.15) is 45.2 Å². The maximum Gasteiger partial charge on any atom is 0.328 e. The fourth-order valence-corrected chi connectivity index (χ4v) is 2.15. The van der Waals surface area contributed by atoms with Gasteiger partial charge in [-0.2, -0.15) is 0 Å². The van der Waals surface area contributed by atoms with Crippen LogP contribution in [0.4, 0.5) is 0 Å². The highest BCUT2D eigenvalue weighted by Gasteiger charge is 2.27. The molecule has 1 aromatic rings. The molecule has 3 atom stereocenters. The number of rotatable bonds is 8. The van der Waals surface area contributed by atoms with Crippen LogP contribution >= 0.6 is 12.4 Å². The number of nitrogens with two attached hydrogens (primary N) is 1.